The number of hydrogen-bond acceptors (Lipinski definition) is 10. The van der Waals surface area contributed by atoms with Crippen LogP contribution in [0.1, 0.15) is 5.56 Å². The number of ether oxygens (including phenoxy) is 2. The molecule has 1 saturated heterocycles. The van der Waals surface area contributed by atoms with E-state index in [1.165, 1.54) is 13.2 Å². The van der Waals surface area contributed by atoms with Crippen LogP contribution in [-0.2, 0) is 16.1 Å². The maximum Gasteiger partial charge on any atom is 0.247 e. The highest BCUT2D eigenvalue weighted by atomic mass is 16.5. The van der Waals surface area contributed by atoms with Crippen molar-refractivity contribution in [1.82, 2.24) is 29.6 Å². The van der Waals surface area contributed by atoms with Crippen LogP contribution in [0.15, 0.2) is 67.5 Å². The Morgan fingerprint density at radius 3 is 2.63 bits per heavy atom. The third-order valence-electron chi connectivity index (χ3n) is 6.36. The predicted octanol–water partition coefficient (Wildman–Crippen LogP) is 3.50. The summed E-state index contributed by atoms with van der Waals surface area (Å²) in [6.45, 7) is 6.69. The number of carbonyl (C=O) groups excluding carboxylic acids is 1. The Kier molecular flexibility index (Phi) is 8.51. The fourth-order valence-corrected chi connectivity index (χ4v) is 4.50. The van der Waals surface area contributed by atoms with Crippen LogP contribution < -0.4 is 20.3 Å². The highest BCUT2D eigenvalue weighted by Gasteiger charge is 2.22. The van der Waals surface area contributed by atoms with Gasteiger partial charge < -0.3 is 29.9 Å². The van der Waals surface area contributed by atoms with Crippen molar-refractivity contribution in [3.05, 3.63) is 73.1 Å². The Labute approximate surface area is 238 Å². The molecule has 1 aromatic carbocycles. The lowest BCUT2D eigenvalue weighted by Crippen LogP contribution is -2.37. The lowest BCUT2D eigenvalue weighted by atomic mass is 10.1. The third-order valence-corrected chi connectivity index (χ3v) is 6.36. The van der Waals surface area contributed by atoms with Crippen LogP contribution in [-0.4, -0.2) is 83.0 Å². The molecule has 12 nitrogen and oxygen atoms in total. The molecule has 0 aliphatic carbocycles. The van der Waals surface area contributed by atoms with Crippen LogP contribution in [0.5, 0.6) is 5.88 Å². The number of pyridine rings is 1. The van der Waals surface area contributed by atoms with Crippen molar-refractivity contribution in [2.45, 2.75) is 6.54 Å². The van der Waals surface area contributed by atoms with Gasteiger partial charge in [-0.3, -0.25) is 4.79 Å². The quantitative estimate of drug-likeness (QED) is 0.281. The molecule has 4 heterocycles. The molecular weight excluding hydrogens is 522 g/mol. The smallest absolute Gasteiger partial charge is 0.247 e. The number of methoxy groups -OCH3 is 1. The molecular formula is C29H33N9O3. The lowest BCUT2D eigenvalue weighted by Gasteiger charge is -2.30. The molecule has 12 heteroatoms. The summed E-state index contributed by atoms with van der Waals surface area (Å²) in [6.07, 6.45) is 4.85. The van der Waals surface area contributed by atoms with Gasteiger partial charge >= 0.3 is 0 Å². The predicted molar refractivity (Wildman–Crippen MR) is 158 cm³/mol. The SMILES string of the molecule is C=CC(=O)Nc1cc(Nc2nccc(-n3cc(CN(C)C)c(-c4ccccc4)n3)n2)c(OC)nc1N1CCOCC1. The number of nitrogens with zero attached hydrogens (tertiary/aromatic N) is 7. The zero-order valence-electron chi connectivity index (χ0n) is 23.4. The van der Waals surface area contributed by atoms with E-state index in [-0.39, 0.29) is 5.91 Å². The maximum atomic E-state index is 12.3. The summed E-state index contributed by atoms with van der Waals surface area (Å²) in [6, 6.07) is 13.6. The fraction of sp³-hybridized carbons (Fsp3) is 0.276. The first-order valence-electron chi connectivity index (χ1n) is 13.2. The normalized spacial score (nSPS) is 13.2. The molecule has 41 heavy (non-hydrogen) atoms. The largest absolute Gasteiger partial charge is 0.479 e. The molecule has 1 aliphatic rings. The van der Waals surface area contributed by atoms with Crippen molar-refractivity contribution in [3.63, 3.8) is 0 Å². The minimum absolute atomic E-state index is 0.314. The maximum absolute atomic E-state index is 12.3. The summed E-state index contributed by atoms with van der Waals surface area (Å²) >= 11 is 0. The monoisotopic (exact) mass is 555 g/mol. The standard InChI is InChI=1S/C29H33N9O3/c1-5-25(39)31-22-17-23(28(40-4)34-27(22)37-13-15-41-16-14-37)32-29-30-12-11-24(33-29)38-19-21(18-36(2)3)26(35-38)20-9-7-6-8-10-20/h5-12,17,19H,1,13-16,18H2,2-4H3,(H,31,39)(H,30,32,33). The van der Waals surface area contributed by atoms with Gasteiger partial charge in [0.2, 0.25) is 17.7 Å². The van der Waals surface area contributed by atoms with Crippen molar-refractivity contribution in [2.75, 3.05) is 63.0 Å². The summed E-state index contributed by atoms with van der Waals surface area (Å²) in [5.41, 5.74) is 3.98. The molecule has 0 saturated carbocycles. The van der Waals surface area contributed by atoms with Gasteiger partial charge in [-0.1, -0.05) is 36.9 Å². The van der Waals surface area contributed by atoms with E-state index >= 15 is 0 Å². The Morgan fingerprint density at radius 2 is 1.93 bits per heavy atom. The lowest BCUT2D eigenvalue weighted by molar-refractivity contribution is -0.111. The fourth-order valence-electron chi connectivity index (χ4n) is 4.50. The van der Waals surface area contributed by atoms with Crippen molar-refractivity contribution < 1.29 is 14.3 Å². The molecule has 0 atom stereocenters. The van der Waals surface area contributed by atoms with Crippen LogP contribution in [0.3, 0.4) is 0 Å². The van der Waals surface area contributed by atoms with Crippen molar-refractivity contribution >= 4 is 29.0 Å². The third kappa shape index (κ3) is 6.51. The molecule has 1 fully saturated rings. The Hall–Kier alpha value is -4.81. The number of anilines is 4. The summed E-state index contributed by atoms with van der Waals surface area (Å²) < 4.78 is 12.8. The van der Waals surface area contributed by atoms with Gasteiger partial charge in [0.05, 0.1) is 31.7 Å². The molecule has 212 valence electrons. The summed E-state index contributed by atoms with van der Waals surface area (Å²) in [5.74, 6) is 1.46. The van der Waals surface area contributed by atoms with E-state index in [9.17, 15) is 4.79 Å². The van der Waals surface area contributed by atoms with Crippen molar-refractivity contribution in [3.8, 4) is 23.0 Å². The molecule has 4 aromatic rings. The zero-order valence-corrected chi connectivity index (χ0v) is 23.4. The number of amides is 1. The Bertz CT molecular complexity index is 1520. The first-order chi connectivity index (χ1) is 19.9. The molecule has 0 spiro atoms. The first kappa shape index (κ1) is 27.7. The van der Waals surface area contributed by atoms with Crippen LogP contribution in [0, 0.1) is 0 Å². The van der Waals surface area contributed by atoms with Gasteiger partial charge in [-0.25, -0.2) is 9.67 Å². The Balaban J connectivity index is 1.49. The minimum Gasteiger partial charge on any atom is -0.479 e. The molecule has 0 radical (unpaired) electrons. The second-order valence-electron chi connectivity index (χ2n) is 9.62. The van der Waals surface area contributed by atoms with Gasteiger partial charge in [0.1, 0.15) is 5.69 Å². The van der Waals surface area contributed by atoms with E-state index in [4.69, 9.17) is 24.5 Å². The van der Waals surface area contributed by atoms with E-state index in [0.29, 0.717) is 61.1 Å². The van der Waals surface area contributed by atoms with E-state index < -0.39 is 0 Å². The van der Waals surface area contributed by atoms with Gasteiger partial charge in [-0.15, -0.1) is 0 Å². The number of carbonyl (C=O) groups is 1. The number of morpholine rings is 1. The van der Waals surface area contributed by atoms with Gasteiger partial charge in [-0.05, 0) is 26.2 Å². The number of aromatic nitrogens is 5. The van der Waals surface area contributed by atoms with Crippen LogP contribution in [0.25, 0.3) is 17.1 Å². The number of hydrogen-bond donors (Lipinski definition) is 2. The molecule has 5 rings (SSSR count). The zero-order chi connectivity index (χ0) is 28.8. The second-order valence-corrected chi connectivity index (χ2v) is 9.62. The second kappa shape index (κ2) is 12.6. The minimum atomic E-state index is -0.350. The average Bonchev–Trinajstić information content (AvgIpc) is 3.41. The highest BCUT2D eigenvalue weighted by Crippen LogP contribution is 2.35. The summed E-state index contributed by atoms with van der Waals surface area (Å²) in [7, 11) is 5.59. The van der Waals surface area contributed by atoms with E-state index in [0.717, 1.165) is 23.4 Å². The van der Waals surface area contributed by atoms with Gasteiger partial charge in [-0.2, -0.15) is 15.1 Å². The highest BCUT2D eigenvalue weighted by molar-refractivity contribution is 6.01. The van der Waals surface area contributed by atoms with E-state index in [1.54, 1.807) is 23.0 Å². The van der Waals surface area contributed by atoms with Crippen LogP contribution in [0.2, 0.25) is 0 Å². The molecule has 1 aliphatic heterocycles. The van der Waals surface area contributed by atoms with Crippen molar-refractivity contribution in [2.24, 2.45) is 0 Å². The summed E-state index contributed by atoms with van der Waals surface area (Å²) in [4.78, 5) is 30.2. The molecule has 2 N–H and O–H groups in total. The number of nitrogens with one attached hydrogen (secondary N) is 2. The van der Waals surface area contributed by atoms with E-state index in [2.05, 4.69) is 27.1 Å². The van der Waals surface area contributed by atoms with Gasteiger partial charge in [0.25, 0.3) is 0 Å². The van der Waals surface area contributed by atoms with Crippen LogP contribution >= 0.6 is 0 Å². The molecule has 0 unspecified atom stereocenters. The number of rotatable bonds is 10. The van der Waals surface area contributed by atoms with E-state index in [1.807, 2.05) is 55.5 Å². The first-order valence-corrected chi connectivity index (χ1v) is 13.2. The molecule has 1 amide bonds. The topological polar surface area (TPSA) is 123 Å². The van der Waals surface area contributed by atoms with Gasteiger partial charge in [0.15, 0.2) is 11.6 Å². The Morgan fingerprint density at radius 1 is 1.15 bits per heavy atom. The number of benzene rings is 1. The van der Waals surface area contributed by atoms with Crippen molar-refractivity contribution in [1.29, 1.82) is 0 Å². The molecule has 3 aromatic heterocycles. The average molecular weight is 556 g/mol. The van der Waals surface area contributed by atoms with Gasteiger partial charge in [0, 0.05) is 49.2 Å². The molecule has 0 bridgehead atoms. The van der Waals surface area contributed by atoms with Crippen LogP contribution in [0.4, 0.5) is 23.1 Å². The summed E-state index contributed by atoms with van der Waals surface area (Å²) in [5, 5.41) is 10.9.